The van der Waals surface area contributed by atoms with Gasteiger partial charge in [0.05, 0.1) is 13.2 Å². The fraction of sp³-hybridized carbons (Fsp3) is 0.462. The lowest BCUT2D eigenvalue weighted by Crippen LogP contribution is -2.04. The first-order valence-corrected chi connectivity index (χ1v) is 5.56. The van der Waals surface area contributed by atoms with Crippen LogP contribution in [-0.2, 0) is 11.2 Å². The summed E-state index contributed by atoms with van der Waals surface area (Å²) < 4.78 is 11.0. The SMILES string of the molecule is CCOc1cccc(CC(C)=O)c1OCC. The highest BCUT2D eigenvalue weighted by Crippen LogP contribution is 2.31. The molecule has 0 N–H and O–H groups in total. The highest BCUT2D eigenvalue weighted by molar-refractivity contribution is 5.79. The Labute approximate surface area is 96.4 Å². The molecule has 0 fully saturated rings. The summed E-state index contributed by atoms with van der Waals surface area (Å²) in [6, 6.07) is 5.64. The summed E-state index contributed by atoms with van der Waals surface area (Å²) in [4.78, 5) is 11.1. The van der Waals surface area contributed by atoms with Crippen LogP contribution in [0.15, 0.2) is 18.2 Å². The third kappa shape index (κ3) is 3.26. The van der Waals surface area contributed by atoms with Crippen LogP contribution in [-0.4, -0.2) is 19.0 Å². The highest BCUT2D eigenvalue weighted by atomic mass is 16.5. The first-order chi connectivity index (χ1) is 7.69. The molecule has 0 aromatic heterocycles. The van der Waals surface area contributed by atoms with E-state index in [0.717, 1.165) is 5.56 Å². The van der Waals surface area contributed by atoms with Gasteiger partial charge in [0, 0.05) is 12.0 Å². The van der Waals surface area contributed by atoms with E-state index in [1.165, 1.54) is 0 Å². The maximum Gasteiger partial charge on any atom is 0.164 e. The van der Waals surface area contributed by atoms with E-state index in [1.807, 2.05) is 32.0 Å². The molecule has 0 heterocycles. The average Bonchev–Trinajstić information content (AvgIpc) is 2.22. The summed E-state index contributed by atoms with van der Waals surface area (Å²) >= 11 is 0. The van der Waals surface area contributed by atoms with Crippen molar-refractivity contribution in [2.45, 2.75) is 27.2 Å². The van der Waals surface area contributed by atoms with Gasteiger partial charge in [0.15, 0.2) is 11.5 Å². The summed E-state index contributed by atoms with van der Waals surface area (Å²) in [6.07, 6.45) is 0.385. The Balaban J connectivity index is 3.04. The van der Waals surface area contributed by atoms with Crippen LogP contribution in [0.4, 0.5) is 0 Å². The largest absolute Gasteiger partial charge is 0.490 e. The van der Waals surface area contributed by atoms with Gasteiger partial charge in [-0.3, -0.25) is 4.79 Å². The molecule has 1 rings (SSSR count). The van der Waals surface area contributed by atoms with Crippen LogP contribution in [0.5, 0.6) is 11.5 Å². The van der Waals surface area contributed by atoms with Gasteiger partial charge < -0.3 is 9.47 Å². The van der Waals surface area contributed by atoms with Gasteiger partial charge in [-0.2, -0.15) is 0 Å². The van der Waals surface area contributed by atoms with E-state index in [4.69, 9.17) is 9.47 Å². The third-order valence-electron chi connectivity index (χ3n) is 2.09. The lowest BCUT2D eigenvalue weighted by Gasteiger charge is -2.14. The van der Waals surface area contributed by atoms with E-state index in [1.54, 1.807) is 6.92 Å². The smallest absolute Gasteiger partial charge is 0.164 e. The number of ether oxygens (including phenoxy) is 2. The van der Waals surface area contributed by atoms with Gasteiger partial charge >= 0.3 is 0 Å². The summed E-state index contributed by atoms with van der Waals surface area (Å²) in [7, 11) is 0. The van der Waals surface area contributed by atoms with E-state index in [0.29, 0.717) is 31.1 Å². The first-order valence-electron chi connectivity index (χ1n) is 5.56. The number of carbonyl (C=O) groups excluding carboxylic acids is 1. The van der Waals surface area contributed by atoms with Crippen LogP contribution in [0.2, 0.25) is 0 Å². The third-order valence-corrected chi connectivity index (χ3v) is 2.09. The van der Waals surface area contributed by atoms with Crippen molar-refractivity contribution >= 4 is 5.78 Å². The molecular formula is C13H18O3. The summed E-state index contributed by atoms with van der Waals surface area (Å²) in [5.74, 6) is 1.53. The molecule has 0 saturated carbocycles. The fourth-order valence-electron chi connectivity index (χ4n) is 1.55. The Hall–Kier alpha value is -1.51. The zero-order valence-electron chi connectivity index (χ0n) is 10.1. The molecule has 0 unspecified atom stereocenters. The standard InChI is InChI=1S/C13H18O3/c1-4-15-12-8-6-7-11(9-10(3)14)13(12)16-5-2/h6-8H,4-5,9H2,1-3H3. The van der Waals surface area contributed by atoms with Crippen molar-refractivity contribution < 1.29 is 14.3 Å². The number of rotatable bonds is 6. The molecule has 0 spiro atoms. The normalized spacial score (nSPS) is 9.94. The van der Waals surface area contributed by atoms with Crippen molar-refractivity contribution in [1.29, 1.82) is 0 Å². The molecule has 1 aromatic rings. The number of carbonyl (C=O) groups is 1. The van der Waals surface area contributed by atoms with Gasteiger partial charge in [-0.25, -0.2) is 0 Å². The van der Waals surface area contributed by atoms with Gasteiger partial charge in [0.2, 0.25) is 0 Å². The van der Waals surface area contributed by atoms with Gasteiger partial charge in [-0.05, 0) is 26.8 Å². The van der Waals surface area contributed by atoms with Crippen molar-refractivity contribution in [3.05, 3.63) is 23.8 Å². The predicted octanol–water partition coefficient (Wildman–Crippen LogP) is 2.62. The molecule has 0 bridgehead atoms. The van der Waals surface area contributed by atoms with Crippen LogP contribution in [0, 0.1) is 0 Å². The molecular weight excluding hydrogens is 204 g/mol. The van der Waals surface area contributed by atoms with Crippen LogP contribution >= 0.6 is 0 Å². The van der Waals surface area contributed by atoms with Gasteiger partial charge in [0.1, 0.15) is 5.78 Å². The van der Waals surface area contributed by atoms with Gasteiger partial charge in [-0.1, -0.05) is 12.1 Å². The minimum absolute atomic E-state index is 0.120. The molecule has 3 nitrogen and oxygen atoms in total. The lowest BCUT2D eigenvalue weighted by molar-refractivity contribution is -0.116. The minimum atomic E-state index is 0.120. The Morgan fingerprint density at radius 3 is 2.44 bits per heavy atom. The van der Waals surface area contributed by atoms with Crippen molar-refractivity contribution in [3.8, 4) is 11.5 Å². The molecule has 0 radical (unpaired) electrons. The molecule has 0 saturated heterocycles. The van der Waals surface area contributed by atoms with Crippen LogP contribution in [0.3, 0.4) is 0 Å². The second kappa shape index (κ2) is 6.16. The first kappa shape index (κ1) is 12.6. The van der Waals surface area contributed by atoms with Crippen LogP contribution in [0.1, 0.15) is 26.3 Å². The van der Waals surface area contributed by atoms with Crippen molar-refractivity contribution in [2.24, 2.45) is 0 Å². The zero-order valence-corrected chi connectivity index (χ0v) is 10.1. The number of hydrogen-bond donors (Lipinski definition) is 0. The Morgan fingerprint density at radius 1 is 1.19 bits per heavy atom. The maximum atomic E-state index is 11.1. The molecule has 16 heavy (non-hydrogen) atoms. The summed E-state index contributed by atoms with van der Waals surface area (Å²) in [6.45, 7) is 6.56. The van der Waals surface area contributed by atoms with E-state index in [-0.39, 0.29) is 5.78 Å². The molecule has 0 amide bonds. The van der Waals surface area contributed by atoms with E-state index in [2.05, 4.69) is 0 Å². The Bertz CT molecular complexity index is 358. The quantitative estimate of drug-likeness (QED) is 0.742. The van der Waals surface area contributed by atoms with Crippen LogP contribution in [0.25, 0.3) is 0 Å². The second-order valence-electron chi connectivity index (χ2n) is 3.49. The monoisotopic (exact) mass is 222 g/mol. The van der Waals surface area contributed by atoms with Gasteiger partial charge in [0.25, 0.3) is 0 Å². The Morgan fingerprint density at radius 2 is 1.88 bits per heavy atom. The number of Topliss-reactive ketones (excluding diaryl/α,β-unsaturated/α-hetero) is 1. The zero-order chi connectivity index (χ0) is 12.0. The molecule has 0 atom stereocenters. The number of hydrogen-bond acceptors (Lipinski definition) is 3. The Kier molecular flexibility index (Phi) is 4.83. The molecule has 3 heteroatoms. The van der Waals surface area contributed by atoms with Crippen LogP contribution < -0.4 is 9.47 Å². The molecule has 0 aliphatic heterocycles. The van der Waals surface area contributed by atoms with Crippen molar-refractivity contribution in [2.75, 3.05) is 13.2 Å². The van der Waals surface area contributed by atoms with E-state index in [9.17, 15) is 4.79 Å². The lowest BCUT2D eigenvalue weighted by atomic mass is 10.1. The topological polar surface area (TPSA) is 35.5 Å². The summed E-state index contributed by atoms with van der Waals surface area (Å²) in [5.41, 5.74) is 0.889. The number of ketones is 1. The highest BCUT2D eigenvalue weighted by Gasteiger charge is 2.11. The predicted molar refractivity (Wildman–Crippen MR) is 63.2 cm³/mol. The van der Waals surface area contributed by atoms with E-state index >= 15 is 0 Å². The number of benzene rings is 1. The maximum absolute atomic E-state index is 11.1. The van der Waals surface area contributed by atoms with Crippen molar-refractivity contribution in [1.82, 2.24) is 0 Å². The van der Waals surface area contributed by atoms with E-state index < -0.39 is 0 Å². The fourth-order valence-corrected chi connectivity index (χ4v) is 1.55. The molecule has 0 aliphatic rings. The number of para-hydroxylation sites is 1. The molecule has 1 aromatic carbocycles. The molecule has 88 valence electrons. The minimum Gasteiger partial charge on any atom is -0.490 e. The van der Waals surface area contributed by atoms with Gasteiger partial charge in [-0.15, -0.1) is 0 Å². The second-order valence-corrected chi connectivity index (χ2v) is 3.49. The summed E-state index contributed by atoms with van der Waals surface area (Å²) in [5, 5.41) is 0. The molecule has 0 aliphatic carbocycles. The average molecular weight is 222 g/mol. The van der Waals surface area contributed by atoms with Crippen molar-refractivity contribution in [3.63, 3.8) is 0 Å².